The Morgan fingerprint density at radius 2 is 2.35 bits per heavy atom. The molecule has 1 aromatic heterocycles. The van der Waals surface area contributed by atoms with Crippen LogP contribution >= 0.6 is 11.3 Å². The maximum absolute atomic E-state index is 12.0. The number of piperidine rings is 1. The van der Waals surface area contributed by atoms with Gasteiger partial charge in [0.2, 0.25) is 5.91 Å². The molecule has 0 radical (unpaired) electrons. The third-order valence-electron chi connectivity index (χ3n) is 3.87. The third-order valence-corrected chi connectivity index (χ3v) is 5.02. The summed E-state index contributed by atoms with van der Waals surface area (Å²) >= 11 is 1.71. The van der Waals surface area contributed by atoms with Gasteiger partial charge in [0.1, 0.15) is 0 Å². The van der Waals surface area contributed by atoms with Crippen LogP contribution < -0.4 is 0 Å². The zero-order valence-electron chi connectivity index (χ0n) is 12.2. The summed E-state index contributed by atoms with van der Waals surface area (Å²) in [6.45, 7) is 5.35. The van der Waals surface area contributed by atoms with Gasteiger partial charge >= 0.3 is 0 Å². The molecule has 1 saturated heterocycles. The first-order chi connectivity index (χ1) is 9.63. The fraction of sp³-hybridized carbons (Fsp3) is 0.562. The van der Waals surface area contributed by atoms with E-state index in [-0.39, 0.29) is 11.8 Å². The molecule has 0 bridgehead atoms. The Morgan fingerprint density at radius 1 is 1.55 bits per heavy atom. The molecule has 1 aromatic rings. The zero-order valence-corrected chi connectivity index (χ0v) is 13.0. The predicted octanol–water partition coefficient (Wildman–Crippen LogP) is 3.09. The molecular formula is C16H23NO2S. The molecule has 20 heavy (non-hydrogen) atoms. The number of carbonyl (C=O) groups is 1. The predicted molar refractivity (Wildman–Crippen MR) is 83.0 cm³/mol. The van der Waals surface area contributed by atoms with Crippen molar-refractivity contribution in [3.05, 3.63) is 34.0 Å². The normalized spacial score (nSPS) is 23.4. The second-order valence-corrected chi connectivity index (χ2v) is 6.30. The first kappa shape index (κ1) is 15.3. The summed E-state index contributed by atoms with van der Waals surface area (Å²) in [6.07, 6.45) is 5.74. The summed E-state index contributed by atoms with van der Waals surface area (Å²) in [5, 5.41) is 12.4. The van der Waals surface area contributed by atoms with Crippen molar-refractivity contribution in [2.24, 2.45) is 0 Å². The summed E-state index contributed by atoms with van der Waals surface area (Å²) in [4.78, 5) is 15.1. The molecule has 0 saturated carbocycles. The minimum atomic E-state index is -0.444. The van der Waals surface area contributed by atoms with Crippen molar-refractivity contribution >= 4 is 17.2 Å². The number of nitrogens with zero attached hydrogens (tertiary/aromatic N) is 1. The number of carbonyl (C=O) groups excluding carboxylic acids is 1. The molecule has 4 heteroatoms. The number of aryl methyl sites for hydroxylation is 1. The Labute approximate surface area is 124 Å². The molecular weight excluding hydrogens is 270 g/mol. The summed E-state index contributed by atoms with van der Waals surface area (Å²) in [5.74, 6) is 0.306. The van der Waals surface area contributed by atoms with Gasteiger partial charge < -0.3 is 10.0 Å². The van der Waals surface area contributed by atoms with Crippen LogP contribution in [-0.4, -0.2) is 35.1 Å². The zero-order chi connectivity index (χ0) is 14.5. The molecule has 1 aliphatic heterocycles. The molecule has 1 aliphatic rings. The van der Waals surface area contributed by atoms with Crippen molar-refractivity contribution in [1.29, 1.82) is 0 Å². The third kappa shape index (κ3) is 3.49. The van der Waals surface area contributed by atoms with Gasteiger partial charge in [0.15, 0.2) is 0 Å². The minimum Gasteiger partial charge on any atom is -0.391 e. The molecule has 0 aromatic carbocycles. The summed E-state index contributed by atoms with van der Waals surface area (Å²) in [6, 6.07) is 2.10. The van der Waals surface area contributed by atoms with Crippen LogP contribution in [0, 0.1) is 6.92 Å². The molecule has 1 N–H and O–H groups in total. The highest BCUT2D eigenvalue weighted by molar-refractivity contribution is 7.10. The molecule has 110 valence electrons. The van der Waals surface area contributed by atoms with Crippen LogP contribution in [0.3, 0.4) is 0 Å². The number of likely N-dealkylation sites (tertiary alicyclic amines) is 1. The average molecular weight is 293 g/mol. The van der Waals surface area contributed by atoms with Gasteiger partial charge in [0.05, 0.1) is 6.10 Å². The Bertz CT molecular complexity index is 481. The summed E-state index contributed by atoms with van der Waals surface area (Å²) in [5.41, 5.74) is 1.25. The largest absolute Gasteiger partial charge is 0.391 e. The lowest BCUT2D eigenvalue weighted by Gasteiger charge is -2.35. The van der Waals surface area contributed by atoms with Gasteiger partial charge in [0, 0.05) is 30.3 Å². The van der Waals surface area contributed by atoms with E-state index in [1.807, 2.05) is 12.2 Å². The van der Waals surface area contributed by atoms with Crippen LogP contribution in [0.1, 0.15) is 42.5 Å². The van der Waals surface area contributed by atoms with Crippen LogP contribution in [0.25, 0.3) is 0 Å². The van der Waals surface area contributed by atoms with Crippen molar-refractivity contribution in [3.63, 3.8) is 0 Å². The Kier molecular flexibility index (Phi) is 5.38. The smallest absolute Gasteiger partial charge is 0.226 e. The SMILES string of the molecule is CCC=CCC(=O)N1CC[C@@H](c2sccc2C)[C@H](O)C1. The molecule has 3 nitrogen and oxygen atoms in total. The minimum absolute atomic E-state index is 0.120. The number of aliphatic hydroxyl groups is 1. The number of amides is 1. The number of β-amino-alcohol motifs (C(OH)–C–C–N with tert-alkyl or cyclic N) is 1. The maximum atomic E-state index is 12.0. The maximum Gasteiger partial charge on any atom is 0.226 e. The number of thiophene rings is 1. The topological polar surface area (TPSA) is 40.5 Å². The highest BCUT2D eigenvalue weighted by Crippen LogP contribution is 2.34. The van der Waals surface area contributed by atoms with E-state index in [9.17, 15) is 9.90 Å². The molecule has 0 spiro atoms. The van der Waals surface area contributed by atoms with Gasteiger partial charge in [0.25, 0.3) is 0 Å². The Balaban J connectivity index is 1.94. The number of allylic oxidation sites excluding steroid dienone is 1. The highest BCUT2D eigenvalue weighted by Gasteiger charge is 2.32. The Hall–Kier alpha value is -1.13. The van der Waals surface area contributed by atoms with Crippen LogP contribution in [0.2, 0.25) is 0 Å². The molecule has 0 aliphatic carbocycles. The molecule has 1 fully saturated rings. The van der Waals surface area contributed by atoms with E-state index < -0.39 is 6.10 Å². The van der Waals surface area contributed by atoms with Crippen molar-refractivity contribution in [1.82, 2.24) is 4.90 Å². The quantitative estimate of drug-likeness (QED) is 0.867. The van der Waals surface area contributed by atoms with Crippen LogP contribution in [0.4, 0.5) is 0 Å². The summed E-state index contributed by atoms with van der Waals surface area (Å²) in [7, 11) is 0. The number of aliphatic hydroxyl groups excluding tert-OH is 1. The molecule has 2 heterocycles. The van der Waals surface area contributed by atoms with Gasteiger partial charge in [-0.25, -0.2) is 0 Å². The monoisotopic (exact) mass is 293 g/mol. The van der Waals surface area contributed by atoms with E-state index in [1.54, 1.807) is 16.2 Å². The standard InChI is InChI=1S/C16H23NO2S/c1-3-4-5-6-15(19)17-9-7-13(14(18)11-17)16-12(2)8-10-20-16/h4-5,8,10,13-14,18H,3,6-7,9,11H2,1-2H3/t13-,14-/m1/s1. The van der Waals surface area contributed by atoms with Crippen LogP contribution in [0.5, 0.6) is 0 Å². The van der Waals surface area contributed by atoms with Gasteiger partial charge in [-0.3, -0.25) is 4.79 Å². The number of hydrogen-bond acceptors (Lipinski definition) is 3. The van der Waals surface area contributed by atoms with Crippen molar-refractivity contribution in [2.45, 2.75) is 45.1 Å². The first-order valence-corrected chi connectivity index (χ1v) is 8.16. The lowest BCUT2D eigenvalue weighted by Crippen LogP contribution is -2.45. The number of rotatable bonds is 4. The fourth-order valence-corrected chi connectivity index (χ4v) is 3.83. The van der Waals surface area contributed by atoms with E-state index in [1.165, 1.54) is 10.4 Å². The van der Waals surface area contributed by atoms with E-state index in [4.69, 9.17) is 0 Å². The second-order valence-electron chi connectivity index (χ2n) is 5.35. The molecule has 2 rings (SSSR count). The lowest BCUT2D eigenvalue weighted by atomic mass is 9.90. The molecule has 0 unspecified atom stereocenters. The lowest BCUT2D eigenvalue weighted by molar-refractivity contribution is -0.133. The van der Waals surface area contributed by atoms with E-state index in [0.29, 0.717) is 13.0 Å². The first-order valence-electron chi connectivity index (χ1n) is 7.28. The average Bonchev–Trinajstić information content (AvgIpc) is 2.85. The summed E-state index contributed by atoms with van der Waals surface area (Å²) < 4.78 is 0. The van der Waals surface area contributed by atoms with Crippen LogP contribution in [0.15, 0.2) is 23.6 Å². The van der Waals surface area contributed by atoms with Crippen LogP contribution in [-0.2, 0) is 4.79 Å². The van der Waals surface area contributed by atoms with Gasteiger partial charge in [-0.1, -0.05) is 19.1 Å². The van der Waals surface area contributed by atoms with Crippen molar-refractivity contribution in [2.75, 3.05) is 13.1 Å². The Morgan fingerprint density at radius 3 is 2.95 bits per heavy atom. The fourth-order valence-electron chi connectivity index (χ4n) is 2.71. The van der Waals surface area contributed by atoms with Gasteiger partial charge in [-0.15, -0.1) is 11.3 Å². The van der Waals surface area contributed by atoms with Gasteiger partial charge in [-0.2, -0.15) is 0 Å². The van der Waals surface area contributed by atoms with E-state index >= 15 is 0 Å². The van der Waals surface area contributed by atoms with Crippen molar-refractivity contribution in [3.8, 4) is 0 Å². The molecule has 1 amide bonds. The second kappa shape index (κ2) is 7.04. The van der Waals surface area contributed by atoms with E-state index in [2.05, 4.69) is 25.3 Å². The number of hydrogen-bond donors (Lipinski definition) is 1. The highest BCUT2D eigenvalue weighted by atomic mass is 32.1. The molecule has 2 atom stereocenters. The van der Waals surface area contributed by atoms with E-state index in [0.717, 1.165) is 19.4 Å². The van der Waals surface area contributed by atoms with Gasteiger partial charge in [-0.05, 0) is 36.8 Å². The van der Waals surface area contributed by atoms with Crippen molar-refractivity contribution < 1.29 is 9.90 Å².